The normalized spacial score (nSPS) is 17.8. The van der Waals surface area contributed by atoms with E-state index in [4.69, 9.17) is 4.74 Å². The van der Waals surface area contributed by atoms with Crippen LogP contribution in [-0.2, 0) is 14.6 Å². The summed E-state index contributed by atoms with van der Waals surface area (Å²) in [4.78, 5) is 11.0. The summed E-state index contributed by atoms with van der Waals surface area (Å²) in [6.45, 7) is 0. The van der Waals surface area contributed by atoms with E-state index in [9.17, 15) is 13.2 Å². The number of ether oxygens (including phenoxy) is 1. The maximum absolute atomic E-state index is 12.1. The van der Waals surface area contributed by atoms with Gasteiger partial charge >= 0.3 is 0 Å². The lowest BCUT2D eigenvalue weighted by molar-refractivity contribution is -0.108. The second-order valence-electron chi connectivity index (χ2n) is 3.86. The fraction of sp³-hybridized carbons (Fsp3) is 0.364. The van der Waals surface area contributed by atoms with E-state index < -0.39 is 14.6 Å². The molecule has 0 aromatic heterocycles. The van der Waals surface area contributed by atoms with Crippen LogP contribution in [0.1, 0.15) is 12.8 Å². The third kappa shape index (κ3) is 1.51. The van der Waals surface area contributed by atoms with Crippen LogP contribution >= 0.6 is 0 Å². The van der Waals surface area contributed by atoms with Crippen molar-refractivity contribution in [1.82, 2.24) is 0 Å². The second-order valence-corrected chi connectivity index (χ2v) is 6.15. The van der Waals surface area contributed by atoms with Gasteiger partial charge in [-0.2, -0.15) is 0 Å². The SMILES string of the molecule is COc1ccc(S(=O)(=O)C2(C=O)CC2)cc1. The Kier molecular flexibility index (Phi) is 2.50. The van der Waals surface area contributed by atoms with E-state index in [-0.39, 0.29) is 4.90 Å². The quantitative estimate of drug-likeness (QED) is 0.742. The summed E-state index contributed by atoms with van der Waals surface area (Å²) in [5.41, 5.74) is 0. The number of sulfone groups is 1. The molecule has 0 N–H and O–H groups in total. The number of aldehydes is 1. The van der Waals surface area contributed by atoms with Gasteiger partial charge in [-0.05, 0) is 37.1 Å². The van der Waals surface area contributed by atoms with E-state index in [1.54, 1.807) is 12.1 Å². The molecule has 1 aliphatic carbocycles. The molecule has 0 unspecified atom stereocenters. The molecule has 0 bridgehead atoms. The molecule has 1 aromatic rings. The first-order chi connectivity index (χ1) is 7.55. The van der Waals surface area contributed by atoms with Crippen molar-refractivity contribution >= 4 is 16.1 Å². The third-order valence-electron chi connectivity index (χ3n) is 2.86. The topological polar surface area (TPSA) is 60.4 Å². The van der Waals surface area contributed by atoms with Crippen molar-refractivity contribution < 1.29 is 17.9 Å². The van der Waals surface area contributed by atoms with E-state index >= 15 is 0 Å². The molecule has 1 aliphatic rings. The first-order valence-electron chi connectivity index (χ1n) is 4.91. The van der Waals surface area contributed by atoms with Crippen molar-refractivity contribution in [3.8, 4) is 5.75 Å². The first kappa shape index (κ1) is 11.1. The van der Waals surface area contributed by atoms with Crippen molar-refractivity contribution in [3.63, 3.8) is 0 Å². The summed E-state index contributed by atoms with van der Waals surface area (Å²) in [5, 5.41) is 0. The minimum atomic E-state index is -3.53. The lowest BCUT2D eigenvalue weighted by Gasteiger charge is -2.09. The highest BCUT2D eigenvalue weighted by atomic mass is 32.2. The minimum absolute atomic E-state index is 0.179. The average Bonchev–Trinajstić information content (AvgIpc) is 3.10. The van der Waals surface area contributed by atoms with Crippen LogP contribution in [0.25, 0.3) is 0 Å². The molecule has 5 heteroatoms. The van der Waals surface area contributed by atoms with Gasteiger partial charge in [-0.15, -0.1) is 0 Å². The highest BCUT2D eigenvalue weighted by molar-refractivity contribution is 7.93. The number of hydrogen-bond donors (Lipinski definition) is 0. The van der Waals surface area contributed by atoms with Crippen LogP contribution in [0.4, 0.5) is 0 Å². The summed E-state index contributed by atoms with van der Waals surface area (Å²) in [6.07, 6.45) is 1.39. The summed E-state index contributed by atoms with van der Waals surface area (Å²) >= 11 is 0. The molecule has 1 saturated carbocycles. The molecular weight excluding hydrogens is 228 g/mol. The Morgan fingerprint density at radius 3 is 2.19 bits per heavy atom. The number of carbonyl (C=O) groups is 1. The van der Waals surface area contributed by atoms with Gasteiger partial charge in [-0.3, -0.25) is 0 Å². The molecule has 1 aromatic carbocycles. The lowest BCUT2D eigenvalue weighted by Crippen LogP contribution is -2.24. The van der Waals surface area contributed by atoms with Crippen LogP contribution in [0.5, 0.6) is 5.75 Å². The van der Waals surface area contributed by atoms with Gasteiger partial charge in [0.05, 0.1) is 12.0 Å². The van der Waals surface area contributed by atoms with Crippen LogP contribution < -0.4 is 4.74 Å². The number of benzene rings is 1. The highest BCUT2D eigenvalue weighted by Gasteiger charge is 2.55. The van der Waals surface area contributed by atoms with E-state index in [0.717, 1.165) is 0 Å². The van der Waals surface area contributed by atoms with Gasteiger partial charge in [-0.1, -0.05) is 0 Å². The van der Waals surface area contributed by atoms with Crippen molar-refractivity contribution in [2.45, 2.75) is 22.5 Å². The van der Waals surface area contributed by atoms with Gasteiger partial charge in [0, 0.05) is 0 Å². The van der Waals surface area contributed by atoms with E-state index in [1.807, 2.05) is 0 Å². The van der Waals surface area contributed by atoms with Crippen LogP contribution in [0.3, 0.4) is 0 Å². The summed E-state index contributed by atoms with van der Waals surface area (Å²) in [7, 11) is -2.01. The number of carbonyl (C=O) groups excluding carboxylic acids is 1. The predicted molar refractivity (Wildman–Crippen MR) is 58.2 cm³/mol. The average molecular weight is 240 g/mol. The van der Waals surface area contributed by atoms with Crippen LogP contribution in [0.15, 0.2) is 29.2 Å². The molecule has 0 saturated heterocycles. The molecule has 0 amide bonds. The van der Waals surface area contributed by atoms with Crippen LogP contribution in [-0.4, -0.2) is 26.6 Å². The molecule has 16 heavy (non-hydrogen) atoms. The second kappa shape index (κ2) is 3.59. The Labute approximate surface area is 94.2 Å². The molecule has 0 aliphatic heterocycles. The van der Waals surface area contributed by atoms with Gasteiger partial charge in [0.15, 0.2) is 9.84 Å². The third-order valence-corrected chi connectivity index (χ3v) is 5.33. The van der Waals surface area contributed by atoms with Gasteiger partial charge in [0.1, 0.15) is 16.8 Å². The zero-order chi connectivity index (χ0) is 11.8. The first-order valence-corrected chi connectivity index (χ1v) is 6.39. The fourth-order valence-electron chi connectivity index (χ4n) is 1.56. The molecule has 0 heterocycles. The molecular formula is C11H12O4S. The van der Waals surface area contributed by atoms with Crippen LogP contribution in [0.2, 0.25) is 0 Å². The van der Waals surface area contributed by atoms with E-state index in [1.165, 1.54) is 19.2 Å². The Balaban J connectivity index is 2.40. The molecule has 0 spiro atoms. The summed E-state index contributed by atoms with van der Waals surface area (Å²) < 4.78 is 27.9. The van der Waals surface area contributed by atoms with E-state index in [0.29, 0.717) is 24.9 Å². The van der Waals surface area contributed by atoms with Gasteiger partial charge in [-0.25, -0.2) is 8.42 Å². The van der Waals surface area contributed by atoms with Crippen molar-refractivity contribution in [2.75, 3.05) is 7.11 Å². The van der Waals surface area contributed by atoms with Crippen molar-refractivity contribution in [3.05, 3.63) is 24.3 Å². The number of rotatable bonds is 4. The molecule has 4 nitrogen and oxygen atoms in total. The van der Waals surface area contributed by atoms with Gasteiger partial charge in [0.25, 0.3) is 0 Å². The monoisotopic (exact) mass is 240 g/mol. The zero-order valence-corrected chi connectivity index (χ0v) is 9.66. The largest absolute Gasteiger partial charge is 0.497 e. The zero-order valence-electron chi connectivity index (χ0n) is 8.84. The minimum Gasteiger partial charge on any atom is -0.497 e. The van der Waals surface area contributed by atoms with Gasteiger partial charge < -0.3 is 9.53 Å². The summed E-state index contributed by atoms with van der Waals surface area (Å²) in [5.74, 6) is 0.593. The van der Waals surface area contributed by atoms with E-state index in [2.05, 4.69) is 0 Å². The van der Waals surface area contributed by atoms with Crippen molar-refractivity contribution in [1.29, 1.82) is 0 Å². The fourth-order valence-corrected chi connectivity index (χ4v) is 3.29. The smallest absolute Gasteiger partial charge is 0.190 e. The predicted octanol–water partition coefficient (Wildman–Crippen LogP) is 1.20. The Bertz CT molecular complexity index is 497. The molecule has 0 radical (unpaired) electrons. The maximum atomic E-state index is 12.1. The molecule has 86 valence electrons. The number of methoxy groups -OCH3 is 1. The van der Waals surface area contributed by atoms with Crippen molar-refractivity contribution in [2.24, 2.45) is 0 Å². The number of hydrogen-bond acceptors (Lipinski definition) is 4. The summed E-state index contributed by atoms with van der Waals surface area (Å²) in [6, 6.07) is 6.09. The highest BCUT2D eigenvalue weighted by Crippen LogP contribution is 2.45. The Hall–Kier alpha value is -1.36. The molecule has 2 rings (SSSR count). The molecule has 0 atom stereocenters. The van der Waals surface area contributed by atoms with Crippen LogP contribution in [0, 0.1) is 0 Å². The Morgan fingerprint density at radius 1 is 1.25 bits per heavy atom. The molecule has 1 fully saturated rings. The Morgan fingerprint density at radius 2 is 1.81 bits per heavy atom. The van der Waals surface area contributed by atoms with Gasteiger partial charge in [0.2, 0.25) is 0 Å². The lowest BCUT2D eigenvalue weighted by atomic mass is 10.3. The standard InChI is InChI=1S/C11H12O4S/c1-15-9-2-4-10(5-3-9)16(13,14)11(8-12)6-7-11/h2-5,8H,6-7H2,1H3. The maximum Gasteiger partial charge on any atom is 0.190 e.